The van der Waals surface area contributed by atoms with Crippen LogP contribution in [0, 0.1) is 0 Å². The van der Waals surface area contributed by atoms with E-state index >= 15 is 0 Å². The Labute approximate surface area is 160 Å². The minimum absolute atomic E-state index is 0.0465. The Balaban J connectivity index is 1.38. The molecular formula is C19H29N4O2S+. The highest BCUT2D eigenvalue weighted by Crippen LogP contribution is 2.18. The van der Waals surface area contributed by atoms with Crippen LogP contribution in [0.15, 0.2) is 24.3 Å². The Bertz CT molecular complexity index is 608. The van der Waals surface area contributed by atoms with Gasteiger partial charge in [0.1, 0.15) is 5.75 Å². The molecule has 0 spiro atoms. The molecule has 0 bridgehead atoms. The van der Waals surface area contributed by atoms with Crippen molar-refractivity contribution in [1.82, 2.24) is 10.2 Å². The lowest BCUT2D eigenvalue weighted by Crippen LogP contribution is -3.15. The van der Waals surface area contributed by atoms with Gasteiger partial charge in [-0.05, 0) is 49.3 Å². The second-order valence-electron chi connectivity index (χ2n) is 7.12. The fraction of sp³-hybridized carbons (Fsp3) is 0.579. The van der Waals surface area contributed by atoms with Gasteiger partial charge in [0.05, 0.1) is 33.3 Å². The molecule has 3 N–H and O–H groups in total. The number of nitrogens with one attached hydrogen (secondary N) is 3. The Hall–Kier alpha value is -1.86. The lowest BCUT2D eigenvalue weighted by molar-refractivity contribution is -0.895. The standard InChI is InChI=1S/C19H28N4O2S/c1-25-17-8-6-16(7-9-17)20-18(24)14-22-10-12-23(13-11-22)19(26)21-15-4-2-3-5-15/h6-9,15H,2-5,10-14H2,1H3,(H,20,24)(H,21,26)/p+1. The van der Waals surface area contributed by atoms with E-state index in [0.29, 0.717) is 12.6 Å². The van der Waals surface area contributed by atoms with Gasteiger partial charge in [0.25, 0.3) is 5.91 Å². The van der Waals surface area contributed by atoms with Crippen LogP contribution in [0.3, 0.4) is 0 Å². The van der Waals surface area contributed by atoms with Crippen LogP contribution in [0.1, 0.15) is 25.7 Å². The molecule has 1 saturated carbocycles. The molecule has 1 saturated heterocycles. The molecule has 6 nitrogen and oxygen atoms in total. The normalized spacial score (nSPS) is 18.6. The lowest BCUT2D eigenvalue weighted by atomic mass is 10.2. The van der Waals surface area contributed by atoms with Gasteiger partial charge in [0.15, 0.2) is 11.7 Å². The van der Waals surface area contributed by atoms with E-state index in [1.54, 1.807) is 7.11 Å². The number of hydrogen-bond acceptors (Lipinski definition) is 3. The van der Waals surface area contributed by atoms with Gasteiger partial charge >= 0.3 is 0 Å². The molecule has 3 rings (SSSR count). The van der Waals surface area contributed by atoms with Gasteiger partial charge in [-0.1, -0.05) is 12.8 Å². The van der Waals surface area contributed by atoms with Gasteiger partial charge in [0, 0.05) is 11.7 Å². The molecule has 7 heteroatoms. The number of methoxy groups -OCH3 is 1. The lowest BCUT2D eigenvalue weighted by Gasteiger charge is -2.34. The van der Waals surface area contributed by atoms with Crippen molar-refractivity contribution in [2.75, 3.05) is 45.2 Å². The minimum atomic E-state index is 0.0465. The summed E-state index contributed by atoms with van der Waals surface area (Å²) in [5.74, 6) is 0.831. The Morgan fingerprint density at radius 3 is 2.50 bits per heavy atom. The minimum Gasteiger partial charge on any atom is -0.497 e. The molecule has 1 heterocycles. The largest absolute Gasteiger partial charge is 0.497 e. The Morgan fingerprint density at radius 2 is 1.88 bits per heavy atom. The second kappa shape index (κ2) is 9.19. The van der Waals surface area contributed by atoms with E-state index in [1.165, 1.54) is 30.6 Å². The summed E-state index contributed by atoms with van der Waals surface area (Å²) in [5.41, 5.74) is 0.802. The van der Waals surface area contributed by atoms with Crippen LogP contribution in [-0.2, 0) is 4.79 Å². The van der Waals surface area contributed by atoms with Crippen molar-refractivity contribution in [1.29, 1.82) is 0 Å². The molecular weight excluding hydrogens is 348 g/mol. The number of quaternary nitrogens is 1. The van der Waals surface area contributed by atoms with Crippen molar-refractivity contribution in [2.45, 2.75) is 31.7 Å². The average molecular weight is 378 g/mol. The fourth-order valence-corrected chi connectivity index (χ4v) is 3.99. The average Bonchev–Trinajstić information content (AvgIpc) is 3.16. The molecule has 26 heavy (non-hydrogen) atoms. The third kappa shape index (κ3) is 5.32. The second-order valence-corrected chi connectivity index (χ2v) is 7.51. The first-order valence-corrected chi connectivity index (χ1v) is 9.88. The molecule has 1 aliphatic carbocycles. The zero-order valence-electron chi connectivity index (χ0n) is 15.4. The molecule has 0 atom stereocenters. The van der Waals surface area contributed by atoms with E-state index < -0.39 is 0 Å². The van der Waals surface area contributed by atoms with Gasteiger partial charge in [-0.15, -0.1) is 0 Å². The maximum absolute atomic E-state index is 12.3. The van der Waals surface area contributed by atoms with Crippen LogP contribution >= 0.6 is 12.2 Å². The van der Waals surface area contributed by atoms with E-state index in [1.807, 2.05) is 24.3 Å². The van der Waals surface area contributed by atoms with Gasteiger partial charge in [-0.3, -0.25) is 4.79 Å². The van der Waals surface area contributed by atoms with Crippen LogP contribution in [0.25, 0.3) is 0 Å². The highest BCUT2D eigenvalue weighted by atomic mass is 32.1. The summed E-state index contributed by atoms with van der Waals surface area (Å²) in [6, 6.07) is 7.97. The van der Waals surface area contributed by atoms with Gasteiger partial charge in [-0.2, -0.15) is 0 Å². The molecule has 1 aliphatic heterocycles. The predicted molar refractivity (Wildman–Crippen MR) is 107 cm³/mol. The predicted octanol–water partition coefficient (Wildman–Crippen LogP) is 0.651. The number of rotatable bonds is 5. The van der Waals surface area contributed by atoms with E-state index in [0.717, 1.165) is 42.7 Å². The van der Waals surface area contributed by atoms with Crippen molar-refractivity contribution < 1.29 is 14.4 Å². The van der Waals surface area contributed by atoms with E-state index in [-0.39, 0.29) is 5.91 Å². The smallest absolute Gasteiger partial charge is 0.279 e. The number of carbonyl (C=O) groups is 1. The van der Waals surface area contributed by atoms with Crippen molar-refractivity contribution >= 4 is 28.9 Å². The highest BCUT2D eigenvalue weighted by molar-refractivity contribution is 7.80. The van der Waals surface area contributed by atoms with Crippen LogP contribution in [0.2, 0.25) is 0 Å². The summed E-state index contributed by atoms with van der Waals surface area (Å²) in [4.78, 5) is 15.8. The first-order valence-electron chi connectivity index (χ1n) is 9.47. The molecule has 2 aliphatic rings. The van der Waals surface area contributed by atoms with Crippen molar-refractivity contribution in [3.8, 4) is 5.75 Å². The summed E-state index contributed by atoms with van der Waals surface area (Å²) in [6.07, 6.45) is 5.08. The number of benzene rings is 1. The molecule has 2 fully saturated rings. The van der Waals surface area contributed by atoms with Crippen LogP contribution in [0.5, 0.6) is 5.75 Å². The topological polar surface area (TPSA) is 58.0 Å². The third-order valence-corrected chi connectivity index (χ3v) is 5.60. The zero-order valence-corrected chi connectivity index (χ0v) is 16.2. The number of anilines is 1. The SMILES string of the molecule is COc1ccc(NC(=O)C[NH+]2CCN(C(=S)NC3CCCC3)CC2)cc1. The summed E-state index contributed by atoms with van der Waals surface area (Å²) in [5, 5.41) is 7.35. The molecule has 1 aromatic rings. The van der Waals surface area contributed by atoms with Crippen LogP contribution in [0.4, 0.5) is 5.69 Å². The van der Waals surface area contributed by atoms with Crippen LogP contribution < -0.4 is 20.3 Å². The van der Waals surface area contributed by atoms with Gasteiger partial charge in [-0.25, -0.2) is 0 Å². The maximum Gasteiger partial charge on any atom is 0.279 e. The quantitative estimate of drug-likeness (QED) is 0.658. The number of hydrogen-bond donors (Lipinski definition) is 3. The summed E-state index contributed by atoms with van der Waals surface area (Å²) in [6.45, 7) is 4.17. The number of thiocarbonyl (C=S) groups is 1. The molecule has 0 aromatic heterocycles. The number of nitrogens with zero attached hydrogens (tertiary/aromatic N) is 1. The number of ether oxygens (including phenoxy) is 1. The Morgan fingerprint density at radius 1 is 1.23 bits per heavy atom. The summed E-state index contributed by atoms with van der Waals surface area (Å²) in [7, 11) is 1.63. The highest BCUT2D eigenvalue weighted by Gasteiger charge is 2.25. The summed E-state index contributed by atoms with van der Waals surface area (Å²) < 4.78 is 5.13. The van der Waals surface area contributed by atoms with Crippen molar-refractivity contribution in [3.63, 3.8) is 0 Å². The molecule has 142 valence electrons. The summed E-state index contributed by atoms with van der Waals surface area (Å²) >= 11 is 5.56. The van der Waals surface area contributed by atoms with Crippen molar-refractivity contribution in [2.24, 2.45) is 0 Å². The maximum atomic E-state index is 12.3. The van der Waals surface area contributed by atoms with Gasteiger partial charge < -0.3 is 25.2 Å². The van der Waals surface area contributed by atoms with E-state index in [9.17, 15) is 4.79 Å². The molecule has 0 radical (unpaired) electrons. The number of piperazine rings is 1. The first-order chi connectivity index (χ1) is 12.6. The molecule has 1 amide bonds. The van der Waals surface area contributed by atoms with E-state index in [2.05, 4.69) is 15.5 Å². The first kappa shape index (κ1) is 18.9. The van der Waals surface area contributed by atoms with Crippen molar-refractivity contribution in [3.05, 3.63) is 24.3 Å². The van der Waals surface area contributed by atoms with Crippen LogP contribution in [-0.4, -0.2) is 61.8 Å². The zero-order chi connectivity index (χ0) is 18.4. The monoisotopic (exact) mass is 377 g/mol. The third-order valence-electron chi connectivity index (χ3n) is 5.22. The Kier molecular flexibility index (Phi) is 6.68. The van der Waals surface area contributed by atoms with Gasteiger partial charge in [0.2, 0.25) is 0 Å². The molecule has 1 aromatic carbocycles. The fourth-order valence-electron chi connectivity index (χ4n) is 3.65. The number of carbonyl (C=O) groups excluding carboxylic acids is 1. The van der Waals surface area contributed by atoms with E-state index in [4.69, 9.17) is 17.0 Å². The number of amides is 1. The molecule has 0 unspecified atom stereocenters.